The smallest absolute Gasteiger partial charge is 0.161 e. The van der Waals surface area contributed by atoms with Crippen molar-refractivity contribution in [3.63, 3.8) is 0 Å². The first-order chi connectivity index (χ1) is 25.7. The Morgan fingerprint density at radius 1 is 0.423 bits per heavy atom. The van der Waals surface area contributed by atoms with E-state index in [1.165, 1.54) is 37.4 Å². The molecule has 242 valence electrons. The Morgan fingerprint density at radius 3 is 1.81 bits per heavy atom. The maximum absolute atomic E-state index is 6.56. The maximum atomic E-state index is 6.56. The van der Waals surface area contributed by atoms with Gasteiger partial charge in [0.05, 0.1) is 15.9 Å². The molecule has 0 radical (unpaired) electrons. The molecule has 0 bridgehead atoms. The van der Waals surface area contributed by atoms with Crippen molar-refractivity contribution < 1.29 is 4.42 Å². The molecule has 8 aromatic carbocycles. The Hall–Kier alpha value is -6.62. The van der Waals surface area contributed by atoms with E-state index in [-0.39, 0.29) is 0 Å². The quantitative estimate of drug-likeness (QED) is 0.186. The molecule has 0 aliphatic carbocycles. The Labute approximate surface area is 303 Å². The van der Waals surface area contributed by atoms with Crippen LogP contribution in [-0.2, 0) is 0 Å². The fraction of sp³-hybridized carbons (Fsp3) is 0. The second kappa shape index (κ2) is 11.5. The largest absolute Gasteiger partial charge is 0.456 e. The lowest BCUT2D eigenvalue weighted by Crippen LogP contribution is -1.94. The standard InChI is InChI=1S/C48H28N2OS/c1-3-10-33-26-35(22-20-29(33)8-1)31-16-18-32(19-17-31)36-24-25-38-42(28-36)51-41-14-7-13-40(44(38)41)48-49-45(37-23-21-30-9-2-4-11-34(30)27-37)47-46(50-48)39-12-5-6-15-43(39)52-47/h1-28H. The molecule has 0 atom stereocenters. The van der Waals surface area contributed by atoms with E-state index >= 15 is 0 Å². The molecule has 0 saturated heterocycles. The summed E-state index contributed by atoms with van der Waals surface area (Å²) in [5, 5.41) is 8.13. The fourth-order valence-corrected chi connectivity index (χ4v) is 8.81. The van der Waals surface area contributed by atoms with Gasteiger partial charge in [0.15, 0.2) is 5.82 Å². The van der Waals surface area contributed by atoms with Crippen LogP contribution in [0.3, 0.4) is 0 Å². The summed E-state index contributed by atoms with van der Waals surface area (Å²) >= 11 is 1.76. The van der Waals surface area contributed by atoms with Crippen LogP contribution < -0.4 is 0 Å². The van der Waals surface area contributed by atoms with Gasteiger partial charge in [-0.15, -0.1) is 11.3 Å². The molecule has 0 aliphatic rings. The van der Waals surface area contributed by atoms with E-state index in [4.69, 9.17) is 14.4 Å². The second-order valence-corrected chi connectivity index (χ2v) is 14.4. The molecule has 0 aliphatic heterocycles. The van der Waals surface area contributed by atoms with Gasteiger partial charge in [-0.05, 0) is 80.2 Å². The number of hydrogen-bond acceptors (Lipinski definition) is 4. The van der Waals surface area contributed by atoms with Crippen LogP contribution in [0.5, 0.6) is 0 Å². The van der Waals surface area contributed by atoms with Crippen molar-refractivity contribution in [2.45, 2.75) is 0 Å². The van der Waals surface area contributed by atoms with Crippen LogP contribution in [0, 0.1) is 0 Å². The van der Waals surface area contributed by atoms with Crippen molar-refractivity contribution in [2.75, 3.05) is 0 Å². The number of benzene rings is 8. The minimum absolute atomic E-state index is 0.695. The summed E-state index contributed by atoms with van der Waals surface area (Å²) in [5.41, 5.74) is 10.3. The van der Waals surface area contributed by atoms with Gasteiger partial charge < -0.3 is 4.42 Å². The Kier molecular flexibility index (Phi) is 6.42. The highest BCUT2D eigenvalue weighted by atomic mass is 32.1. The van der Waals surface area contributed by atoms with Gasteiger partial charge in [0.2, 0.25) is 0 Å². The zero-order chi connectivity index (χ0) is 34.2. The lowest BCUT2D eigenvalue weighted by atomic mass is 9.97. The first kappa shape index (κ1) is 29.1. The summed E-state index contributed by atoms with van der Waals surface area (Å²) in [6.07, 6.45) is 0. The second-order valence-electron chi connectivity index (χ2n) is 13.4. The minimum atomic E-state index is 0.695. The molecule has 0 unspecified atom stereocenters. The number of furan rings is 1. The van der Waals surface area contributed by atoms with E-state index in [1.54, 1.807) is 11.3 Å². The van der Waals surface area contributed by atoms with E-state index in [0.29, 0.717) is 5.82 Å². The van der Waals surface area contributed by atoms with Crippen LogP contribution in [0.2, 0.25) is 0 Å². The lowest BCUT2D eigenvalue weighted by molar-refractivity contribution is 0.669. The van der Waals surface area contributed by atoms with Crippen LogP contribution in [0.4, 0.5) is 0 Å². The highest BCUT2D eigenvalue weighted by Gasteiger charge is 2.20. The lowest BCUT2D eigenvalue weighted by Gasteiger charge is -2.09. The monoisotopic (exact) mass is 680 g/mol. The van der Waals surface area contributed by atoms with Crippen molar-refractivity contribution >= 4 is 75.1 Å². The Bertz CT molecular complexity index is 3190. The summed E-state index contributed by atoms with van der Waals surface area (Å²) in [5.74, 6) is 0.695. The van der Waals surface area contributed by atoms with Crippen molar-refractivity contribution in [3.05, 3.63) is 170 Å². The van der Waals surface area contributed by atoms with E-state index in [2.05, 4.69) is 158 Å². The van der Waals surface area contributed by atoms with Gasteiger partial charge >= 0.3 is 0 Å². The van der Waals surface area contributed by atoms with Crippen LogP contribution in [0.15, 0.2) is 174 Å². The first-order valence-corrected chi connectivity index (χ1v) is 18.3. The molecule has 3 heterocycles. The molecular weight excluding hydrogens is 653 g/mol. The van der Waals surface area contributed by atoms with Crippen molar-refractivity contribution in [3.8, 4) is 44.9 Å². The van der Waals surface area contributed by atoms with Crippen LogP contribution in [0.1, 0.15) is 0 Å². The number of thiophene rings is 1. The van der Waals surface area contributed by atoms with Crippen LogP contribution in [-0.4, -0.2) is 9.97 Å². The van der Waals surface area contributed by atoms with Gasteiger partial charge in [0.25, 0.3) is 0 Å². The minimum Gasteiger partial charge on any atom is -0.456 e. The zero-order valence-electron chi connectivity index (χ0n) is 27.9. The number of nitrogens with zero attached hydrogens (tertiary/aromatic N) is 2. The van der Waals surface area contributed by atoms with Crippen LogP contribution >= 0.6 is 11.3 Å². The zero-order valence-corrected chi connectivity index (χ0v) is 28.7. The summed E-state index contributed by atoms with van der Waals surface area (Å²) in [7, 11) is 0. The SMILES string of the molecule is c1ccc2cc(-c3ccc(-c4ccc5c(c4)oc4cccc(-c6nc(-c7ccc8ccccc8c7)c7sc8ccccc8c7n6)c45)cc3)ccc2c1. The van der Waals surface area contributed by atoms with E-state index in [0.717, 1.165) is 65.5 Å². The van der Waals surface area contributed by atoms with E-state index in [1.807, 2.05) is 12.1 Å². The number of hydrogen-bond donors (Lipinski definition) is 0. The highest BCUT2D eigenvalue weighted by molar-refractivity contribution is 7.26. The van der Waals surface area contributed by atoms with Gasteiger partial charge in [-0.1, -0.05) is 133 Å². The van der Waals surface area contributed by atoms with Crippen molar-refractivity contribution in [1.29, 1.82) is 0 Å². The molecule has 11 aromatic rings. The summed E-state index contributed by atoms with van der Waals surface area (Å²) in [6, 6.07) is 60.3. The molecule has 3 nitrogen and oxygen atoms in total. The molecule has 0 amide bonds. The summed E-state index contributed by atoms with van der Waals surface area (Å²) in [4.78, 5) is 10.6. The molecule has 4 heteroatoms. The molecule has 0 fully saturated rings. The number of fused-ring (bicyclic) bond motifs is 8. The average molecular weight is 681 g/mol. The van der Waals surface area contributed by atoms with Crippen molar-refractivity contribution in [2.24, 2.45) is 0 Å². The third-order valence-electron chi connectivity index (χ3n) is 10.3. The molecule has 0 saturated carbocycles. The highest BCUT2D eigenvalue weighted by Crippen LogP contribution is 2.42. The Balaban J connectivity index is 1.04. The third kappa shape index (κ3) is 4.65. The number of aromatic nitrogens is 2. The summed E-state index contributed by atoms with van der Waals surface area (Å²) < 4.78 is 8.87. The van der Waals surface area contributed by atoms with Gasteiger partial charge in [-0.2, -0.15) is 0 Å². The van der Waals surface area contributed by atoms with Crippen molar-refractivity contribution in [1.82, 2.24) is 9.97 Å². The third-order valence-corrected chi connectivity index (χ3v) is 11.4. The molecule has 0 spiro atoms. The summed E-state index contributed by atoms with van der Waals surface area (Å²) in [6.45, 7) is 0. The van der Waals surface area contributed by atoms with Gasteiger partial charge in [-0.25, -0.2) is 9.97 Å². The normalized spacial score (nSPS) is 11.8. The predicted octanol–water partition coefficient (Wildman–Crippen LogP) is 13.7. The van der Waals surface area contributed by atoms with Gasteiger partial charge in [-0.3, -0.25) is 0 Å². The maximum Gasteiger partial charge on any atom is 0.161 e. The average Bonchev–Trinajstić information content (AvgIpc) is 3.78. The van der Waals surface area contributed by atoms with Gasteiger partial charge in [0, 0.05) is 32.0 Å². The fourth-order valence-electron chi connectivity index (χ4n) is 7.66. The van der Waals surface area contributed by atoms with Crippen LogP contribution in [0.25, 0.3) is 109 Å². The van der Waals surface area contributed by atoms with E-state index < -0.39 is 0 Å². The molecule has 0 N–H and O–H groups in total. The Morgan fingerprint density at radius 2 is 1.04 bits per heavy atom. The molecule has 11 rings (SSSR count). The van der Waals surface area contributed by atoms with Gasteiger partial charge in [0.1, 0.15) is 11.2 Å². The number of rotatable bonds is 4. The predicted molar refractivity (Wildman–Crippen MR) is 219 cm³/mol. The molecule has 3 aromatic heterocycles. The van der Waals surface area contributed by atoms with E-state index in [9.17, 15) is 0 Å². The topological polar surface area (TPSA) is 38.9 Å². The first-order valence-electron chi connectivity index (χ1n) is 17.5. The molecule has 52 heavy (non-hydrogen) atoms. The molecular formula is C48H28N2OS.